The molecule has 0 radical (unpaired) electrons. The number of carbonyl (C=O) groups is 1. The third kappa shape index (κ3) is 5.70. The topological polar surface area (TPSA) is 114 Å². The van der Waals surface area contributed by atoms with Gasteiger partial charge in [-0.1, -0.05) is 19.1 Å². The molecular formula is C26H29FN4O5S2. The fourth-order valence-corrected chi connectivity index (χ4v) is 5.79. The summed E-state index contributed by atoms with van der Waals surface area (Å²) in [5, 5.41) is 0.857. The summed E-state index contributed by atoms with van der Waals surface area (Å²) in [6.45, 7) is 6.93. The highest BCUT2D eigenvalue weighted by Crippen LogP contribution is 2.36. The minimum atomic E-state index is -1.66. The van der Waals surface area contributed by atoms with Crippen molar-refractivity contribution in [1.82, 2.24) is 15.0 Å². The van der Waals surface area contributed by atoms with Crippen molar-refractivity contribution in [3.63, 3.8) is 0 Å². The predicted octanol–water partition coefficient (Wildman–Crippen LogP) is 5.07. The lowest BCUT2D eigenvalue weighted by molar-refractivity contribution is 0.0589. The molecule has 0 fully saturated rings. The van der Waals surface area contributed by atoms with Crippen LogP contribution in [0.3, 0.4) is 0 Å². The van der Waals surface area contributed by atoms with Gasteiger partial charge in [-0.15, -0.1) is 0 Å². The molecule has 2 unspecified atom stereocenters. The molecule has 4 aromatic rings. The van der Waals surface area contributed by atoms with Crippen molar-refractivity contribution >= 4 is 55.3 Å². The molecule has 0 bridgehead atoms. The molecule has 0 saturated heterocycles. The van der Waals surface area contributed by atoms with Gasteiger partial charge in [-0.05, 0) is 50.6 Å². The van der Waals surface area contributed by atoms with Crippen LogP contribution in [0.4, 0.5) is 14.9 Å². The smallest absolute Gasteiger partial charge is 0.414 e. The molecule has 4 rings (SSSR count). The van der Waals surface area contributed by atoms with Gasteiger partial charge in [0.1, 0.15) is 27.8 Å². The number of nitrogens with zero attached hydrogens (tertiary/aromatic N) is 3. The fraction of sp³-hybridized carbons (Fsp3) is 0.346. The standard InChI is InChI=1S/C26H29FN4O5S2/c1-7-37(33)23-20-18-12-16(27)13-19(31(5)25(32)36-26(2,3)4)21(18)28-22(20)29-24(30-23)38(34)14-15-8-10-17(35-6)11-9-15/h8-13H,7,14H2,1-6H3,(H,28,29,30). The van der Waals surface area contributed by atoms with Gasteiger partial charge in [-0.3, -0.25) is 13.3 Å². The third-order valence-electron chi connectivity index (χ3n) is 5.62. The number of anilines is 1. The van der Waals surface area contributed by atoms with E-state index in [4.69, 9.17) is 9.47 Å². The quantitative estimate of drug-likeness (QED) is 0.248. The van der Waals surface area contributed by atoms with Crippen LogP contribution in [-0.2, 0) is 32.1 Å². The first-order valence-electron chi connectivity index (χ1n) is 11.8. The molecule has 2 aromatic heterocycles. The number of hydrogen-bond donors (Lipinski definition) is 1. The normalized spacial score (nSPS) is 13.4. The largest absolute Gasteiger partial charge is 0.497 e. The summed E-state index contributed by atoms with van der Waals surface area (Å²) in [4.78, 5) is 26.0. The maximum absolute atomic E-state index is 14.8. The van der Waals surface area contributed by atoms with Gasteiger partial charge in [0, 0.05) is 18.2 Å². The SMILES string of the molecule is CCS(=O)c1nc(S(=O)Cc2ccc(OC)cc2)nc2[nH]c3c(N(C)C(=O)OC(C)(C)C)cc(F)cc3c12. The zero-order valence-corrected chi connectivity index (χ0v) is 23.6. The lowest BCUT2D eigenvalue weighted by Gasteiger charge is -2.25. The van der Waals surface area contributed by atoms with Gasteiger partial charge in [0.25, 0.3) is 0 Å². The summed E-state index contributed by atoms with van der Waals surface area (Å²) in [6, 6.07) is 9.60. The van der Waals surface area contributed by atoms with Crippen LogP contribution in [0.25, 0.3) is 21.9 Å². The Morgan fingerprint density at radius 1 is 1.11 bits per heavy atom. The number of rotatable bonds is 7. The summed E-state index contributed by atoms with van der Waals surface area (Å²) >= 11 is 0. The molecule has 0 spiro atoms. The maximum atomic E-state index is 14.8. The van der Waals surface area contributed by atoms with E-state index in [1.807, 2.05) is 0 Å². The monoisotopic (exact) mass is 560 g/mol. The van der Waals surface area contributed by atoms with E-state index in [-0.39, 0.29) is 33.0 Å². The highest BCUT2D eigenvalue weighted by atomic mass is 32.2. The van der Waals surface area contributed by atoms with Crippen molar-refractivity contribution in [3.8, 4) is 5.75 Å². The Kier molecular flexibility index (Phi) is 7.84. The number of fused-ring (bicyclic) bond motifs is 3. The first-order chi connectivity index (χ1) is 17.9. The first kappa shape index (κ1) is 27.6. The van der Waals surface area contributed by atoms with Crippen molar-refractivity contribution in [1.29, 1.82) is 0 Å². The summed E-state index contributed by atoms with van der Waals surface area (Å²) in [5.41, 5.74) is 0.871. The van der Waals surface area contributed by atoms with Gasteiger partial charge in [-0.25, -0.2) is 19.2 Å². The van der Waals surface area contributed by atoms with Crippen LogP contribution < -0.4 is 9.64 Å². The summed E-state index contributed by atoms with van der Waals surface area (Å²) in [5.74, 6) is 0.442. The molecule has 2 atom stereocenters. The Morgan fingerprint density at radius 2 is 1.79 bits per heavy atom. The molecule has 12 heteroatoms. The van der Waals surface area contributed by atoms with Crippen LogP contribution in [0.1, 0.15) is 33.3 Å². The molecular weight excluding hydrogens is 531 g/mol. The van der Waals surface area contributed by atoms with E-state index in [0.29, 0.717) is 22.0 Å². The van der Waals surface area contributed by atoms with E-state index in [0.717, 1.165) is 5.56 Å². The summed E-state index contributed by atoms with van der Waals surface area (Å²) < 4.78 is 51.7. The van der Waals surface area contributed by atoms with Crippen LogP contribution in [0.2, 0.25) is 0 Å². The number of aromatic amines is 1. The van der Waals surface area contributed by atoms with E-state index < -0.39 is 39.1 Å². The minimum Gasteiger partial charge on any atom is -0.497 e. The molecule has 0 saturated carbocycles. The van der Waals surface area contributed by atoms with E-state index in [1.165, 1.54) is 24.1 Å². The number of halogens is 1. The van der Waals surface area contributed by atoms with Gasteiger partial charge >= 0.3 is 6.09 Å². The zero-order chi connectivity index (χ0) is 27.8. The molecule has 1 N–H and O–H groups in total. The number of amides is 1. The molecule has 0 aliphatic rings. The van der Waals surface area contributed by atoms with Gasteiger partial charge < -0.3 is 14.5 Å². The lowest BCUT2D eigenvalue weighted by Crippen LogP contribution is -2.34. The number of methoxy groups -OCH3 is 1. The second-order valence-electron chi connectivity index (χ2n) is 9.52. The summed E-state index contributed by atoms with van der Waals surface area (Å²) in [7, 11) is -0.200. The highest BCUT2D eigenvalue weighted by molar-refractivity contribution is 7.85. The Hall–Kier alpha value is -3.38. The number of hydrogen-bond acceptors (Lipinski definition) is 7. The fourth-order valence-electron chi connectivity index (χ4n) is 3.83. The van der Waals surface area contributed by atoms with Crippen molar-refractivity contribution in [2.75, 3.05) is 24.8 Å². The lowest BCUT2D eigenvalue weighted by atomic mass is 10.1. The van der Waals surface area contributed by atoms with Gasteiger partial charge in [-0.2, -0.15) is 0 Å². The number of aromatic nitrogens is 3. The second kappa shape index (κ2) is 10.8. The van der Waals surface area contributed by atoms with Crippen LogP contribution in [0.5, 0.6) is 5.75 Å². The number of nitrogens with one attached hydrogen (secondary N) is 1. The summed E-state index contributed by atoms with van der Waals surface area (Å²) in [6.07, 6.45) is -0.673. The van der Waals surface area contributed by atoms with Gasteiger partial charge in [0.15, 0.2) is 0 Å². The molecule has 2 aromatic carbocycles. The average Bonchev–Trinajstić information content (AvgIpc) is 3.24. The molecule has 0 aliphatic heterocycles. The van der Waals surface area contributed by atoms with Crippen LogP contribution >= 0.6 is 0 Å². The van der Waals surface area contributed by atoms with Gasteiger partial charge in [0.2, 0.25) is 5.16 Å². The van der Waals surface area contributed by atoms with Crippen molar-refractivity contribution in [3.05, 3.63) is 47.8 Å². The second-order valence-corrected chi connectivity index (χ2v) is 12.5. The first-order valence-corrected chi connectivity index (χ1v) is 14.4. The van der Waals surface area contributed by atoms with E-state index in [1.54, 1.807) is 59.1 Å². The zero-order valence-electron chi connectivity index (χ0n) is 22.0. The number of carbonyl (C=O) groups excluding carboxylic acids is 1. The highest BCUT2D eigenvalue weighted by Gasteiger charge is 2.26. The molecule has 0 aliphatic carbocycles. The Bertz CT molecular complexity index is 1560. The molecule has 202 valence electrons. The van der Waals surface area contributed by atoms with Crippen molar-refractivity contribution in [2.45, 2.75) is 49.2 Å². The van der Waals surface area contributed by atoms with E-state index >= 15 is 0 Å². The molecule has 1 amide bonds. The minimum absolute atomic E-state index is 0.000747. The predicted molar refractivity (Wildman–Crippen MR) is 146 cm³/mol. The van der Waals surface area contributed by atoms with Crippen molar-refractivity contribution in [2.24, 2.45) is 0 Å². The molecule has 2 heterocycles. The van der Waals surface area contributed by atoms with E-state index in [2.05, 4.69) is 15.0 Å². The van der Waals surface area contributed by atoms with Crippen molar-refractivity contribution < 1.29 is 27.1 Å². The van der Waals surface area contributed by atoms with Gasteiger partial charge in [0.05, 0.1) is 51.1 Å². The Balaban J connectivity index is 1.85. The van der Waals surface area contributed by atoms with Crippen LogP contribution in [0, 0.1) is 5.82 Å². The van der Waals surface area contributed by atoms with Crippen LogP contribution in [0.15, 0.2) is 46.6 Å². The average molecular weight is 561 g/mol. The maximum Gasteiger partial charge on any atom is 0.414 e. The Morgan fingerprint density at radius 3 is 2.39 bits per heavy atom. The Labute approximate surface area is 224 Å². The molecule has 38 heavy (non-hydrogen) atoms. The van der Waals surface area contributed by atoms with Crippen LogP contribution in [-0.4, -0.2) is 55.0 Å². The number of H-pyrrole nitrogens is 1. The number of ether oxygens (including phenoxy) is 2. The third-order valence-corrected chi connectivity index (χ3v) is 8.05. The number of benzene rings is 2. The van der Waals surface area contributed by atoms with E-state index in [9.17, 15) is 17.6 Å². The molecule has 9 nitrogen and oxygen atoms in total.